The fraction of sp³-hybridized carbons (Fsp3) is 0.174. The van der Waals surface area contributed by atoms with Crippen LogP contribution in [0.5, 0.6) is 0 Å². The highest BCUT2D eigenvalue weighted by Crippen LogP contribution is 2.66. The molecule has 0 aliphatic heterocycles. The van der Waals surface area contributed by atoms with Gasteiger partial charge in [0.1, 0.15) is 23.2 Å². The molecule has 0 heterocycles. The molecular weight excluding hydrogens is 380 g/mol. The maximum Gasteiger partial charge on any atom is 0.454 e. The normalized spacial score (nSPS) is 12.6. The van der Waals surface area contributed by atoms with E-state index in [0.717, 1.165) is 15.9 Å². The summed E-state index contributed by atoms with van der Waals surface area (Å²) in [5.74, 6) is -1.70. The maximum absolute atomic E-state index is 13.7. The minimum absolute atomic E-state index is 0.745. The minimum atomic E-state index is -4.92. The Hall–Kier alpha value is -2.45. The van der Waals surface area contributed by atoms with Gasteiger partial charge in [-0.2, -0.15) is 13.2 Å². The highest BCUT2D eigenvalue weighted by molar-refractivity contribution is 7.97. The van der Waals surface area contributed by atoms with Gasteiger partial charge in [0.15, 0.2) is 5.16 Å². The fourth-order valence-electron chi connectivity index (χ4n) is 3.87. The Morgan fingerprint density at radius 2 is 0.929 bits per heavy atom. The molecule has 0 aromatic heterocycles. The molecule has 0 radical (unpaired) electrons. The Balaban J connectivity index is 2.47. The molecule has 0 saturated heterocycles. The van der Waals surface area contributed by atoms with Crippen LogP contribution in [0.4, 0.5) is 13.2 Å². The molecule has 0 saturated carbocycles. The predicted molar refractivity (Wildman–Crippen MR) is 110 cm³/mol. The van der Waals surface area contributed by atoms with E-state index in [2.05, 4.69) is 0 Å². The molecule has 3 rings (SSSR count). The summed E-state index contributed by atoms with van der Waals surface area (Å²) in [5.41, 5.74) is 0. The number of carbonyl (C=O) groups is 1. The van der Waals surface area contributed by atoms with Crippen molar-refractivity contribution in [3.8, 4) is 0 Å². The molecule has 0 amide bonds. The third-order valence-electron chi connectivity index (χ3n) is 5.08. The lowest BCUT2D eigenvalue weighted by Crippen LogP contribution is -2.52. The summed E-state index contributed by atoms with van der Waals surface area (Å²) in [7, 11) is -2.98. The Labute approximate surface area is 163 Å². The second-order valence-corrected chi connectivity index (χ2v) is 11.1. The second-order valence-electron chi connectivity index (χ2n) is 7.06. The van der Waals surface area contributed by atoms with Gasteiger partial charge in [-0.05, 0) is 50.2 Å². The third-order valence-corrected chi connectivity index (χ3v) is 10.2. The molecule has 0 N–H and O–H groups in total. The highest BCUT2D eigenvalue weighted by Gasteiger charge is 2.66. The first-order valence-electron chi connectivity index (χ1n) is 8.90. The van der Waals surface area contributed by atoms with Gasteiger partial charge in [0.05, 0.1) is 0 Å². The molecule has 0 atom stereocenters. The second kappa shape index (κ2) is 7.52. The van der Waals surface area contributed by atoms with E-state index in [4.69, 9.17) is 0 Å². The van der Waals surface area contributed by atoms with E-state index in [1.807, 2.05) is 91.0 Å². The number of halogens is 3. The molecule has 3 aromatic carbocycles. The van der Waals surface area contributed by atoms with E-state index in [9.17, 15) is 18.0 Å². The van der Waals surface area contributed by atoms with Gasteiger partial charge in [0.25, 0.3) is 5.78 Å². The molecule has 0 unspecified atom stereocenters. The number of Topliss-reactive ketones (excluding diaryl/α,β-unsaturated/α-hetero) is 1. The molecule has 0 spiro atoms. The van der Waals surface area contributed by atoms with Gasteiger partial charge in [-0.25, -0.2) is 0 Å². The molecule has 28 heavy (non-hydrogen) atoms. The lowest BCUT2D eigenvalue weighted by Gasteiger charge is -2.39. The van der Waals surface area contributed by atoms with E-state index >= 15 is 0 Å². The van der Waals surface area contributed by atoms with Crippen molar-refractivity contribution in [2.75, 3.05) is 0 Å². The summed E-state index contributed by atoms with van der Waals surface area (Å²) in [5, 5.41) is 0.551. The van der Waals surface area contributed by atoms with Crippen molar-refractivity contribution in [2.24, 2.45) is 0 Å². The molecule has 1 nitrogen and oxygen atoms in total. The van der Waals surface area contributed by atoms with Gasteiger partial charge in [-0.3, -0.25) is 4.79 Å². The molecule has 0 bridgehead atoms. The van der Waals surface area contributed by atoms with E-state index in [1.165, 1.54) is 13.8 Å². The largest absolute Gasteiger partial charge is 0.454 e. The zero-order valence-corrected chi connectivity index (χ0v) is 16.5. The van der Waals surface area contributed by atoms with Crippen molar-refractivity contribution in [3.05, 3.63) is 91.0 Å². The monoisotopic (exact) mass is 401 g/mol. The van der Waals surface area contributed by atoms with Crippen LogP contribution in [0.2, 0.25) is 0 Å². The van der Waals surface area contributed by atoms with E-state index in [-0.39, 0.29) is 0 Å². The molecule has 0 aliphatic rings. The number of ketones is 1. The van der Waals surface area contributed by atoms with Gasteiger partial charge in [0.2, 0.25) is 0 Å². The Morgan fingerprint density at radius 3 is 1.18 bits per heavy atom. The number of hydrogen-bond donors (Lipinski definition) is 0. The van der Waals surface area contributed by atoms with Gasteiger partial charge < -0.3 is 0 Å². The first kappa shape index (κ1) is 20.3. The third kappa shape index (κ3) is 3.27. The van der Waals surface area contributed by atoms with Crippen LogP contribution in [0.1, 0.15) is 13.8 Å². The fourth-order valence-corrected chi connectivity index (χ4v) is 8.99. The quantitative estimate of drug-likeness (QED) is 0.557. The summed E-state index contributed by atoms with van der Waals surface area (Å²) in [4.78, 5) is 12.8. The van der Waals surface area contributed by atoms with Crippen molar-refractivity contribution in [1.29, 1.82) is 0 Å². The van der Waals surface area contributed by atoms with Crippen LogP contribution in [-0.4, -0.2) is 17.1 Å². The summed E-state index contributed by atoms with van der Waals surface area (Å²) >= 11 is 0. The number of rotatable bonds is 5. The zero-order valence-electron chi connectivity index (χ0n) is 15.6. The van der Waals surface area contributed by atoms with Crippen molar-refractivity contribution in [2.45, 2.75) is 25.2 Å². The van der Waals surface area contributed by atoms with Crippen molar-refractivity contribution >= 4 is 29.0 Å². The number of carbonyl (C=O) groups excluding carboxylic acids is 1. The number of benzene rings is 3. The molecule has 5 heteroatoms. The highest BCUT2D eigenvalue weighted by atomic mass is 31.2. The molecule has 0 fully saturated rings. The first-order chi connectivity index (χ1) is 13.2. The summed E-state index contributed by atoms with van der Waals surface area (Å²) in [6, 6.07) is 27.3. The van der Waals surface area contributed by atoms with E-state index < -0.39 is 24.4 Å². The van der Waals surface area contributed by atoms with Crippen LogP contribution < -0.4 is 15.9 Å². The predicted octanol–water partition coefficient (Wildman–Crippen LogP) is 4.89. The van der Waals surface area contributed by atoms with Crippen molar-refractivity contribution in [3.63, 3.8) is 0 Å². The standard InChI is InChI=1S/C23H21F3OP/c1-22(2,21(27)23(24,25)26)28(18-12-6-3-7-13-18,19-14-8-4-9-15-19)20-16-10-5-11-17-20/h3-17H,1-2H3/q+1. The van der Waals surface area contributed by atoms with Gasteiger partial charge in [0, 0.05) is 0 Å². The molecular formula is C23H21F3OP+. The Kier molecular flexibility index (Phi) is 5.45. The lowest BCUT2D eigenvalue weighted by molar-refractivity contribution is -0.173. The van der Waals surface area contributed by atoms with Crippen LogP contribution in [0, 0.1) is 0 Å². The summed E-state index contributed by atoms with van der Waals surface area (Å²) in [6.45, 7) is 2.87. The molecule has 0 aliphatic carbocycles. The van der Waals surface area contributed by atoms with Crippen molar-refractivity contribution < 1.29 is 18.0 Å². The van der Waals surface area contributed by atoms with Crippen LogP contribution in [-0.2, 0) is 4.79 Å². The van der Waals surface area contributed by atoms with E-state index in [0.29, 0.717) is 0 Å². The SMILES string of the molecule is CC(C)(C(=O)C(F)(F)F)[P+](c1ccccc1)(c1ccccc1)c1ccccc1. The zero-order chi connectivity index (χ0) is 20.4. The van der Waals surface area contributed by atoms with Gasteiger partial charge >= 0.3 is 6.18 Å². The number of alkyl halides is 3. The Bertz CT molecular complexity index is 839. The van der Waals surface area contributed by atoms with Crippen LogP contribution >= 0.6 is 7.26 Å². The average molecular weight is 401 g/mol. The smallest absolute Gasteiger partial charge is 0.285 e. The molecule has 144 valence electrons. The minimum Gasteiger partial charge on any atom is -0.285 e. The number of hydrogen-bond acceptors (Lipinski definition) is 1. The average Bonchev–Trinajstić information content (AvgIpc) is 2.69. The van der Waals surface area contributed by atoms with Crippen LogP contribution in [0.15, 0.2) is 91.0 Å². The van der Waals surface area contributed by atoms with Crippen molar-refractivity contribution in [1.82, 2.24) is 0 Å². The van der Waals surface area contributed by atoms with Gasteiger partial charge in [-0.1, -0.05) is 54.6 Å². The van der Waals surface area contributed by atoms with Crippen LogP contribution in [0.25, 0.3) is 0 Å². The first-order valence-corrected chi connectivity index (χ1v) is 10.7. The van der Waals surface area contributed by atoms with Crippen LogP contribution in [0.3, 0.4) is 0 Å². The van der Waals surface area contributed by atoms with E-state index in [1.54, 1.807) is 0 Å². The maximum atomic E-state index is 13.7. The Morgan fingerprint density at radius 1 is 0.643 bits per heavy atom. The summed E-state index contributed by atoms with van der Waals surface area (Å²) < 4.78 is 41.1. The lowest BCUT2D eigenvalue weighted by atomic mass is 10.1. The molecule has 3 aromatic rings. The van der Waals surface area contributed by atoms with Gasteiger partial charge in [-0.15, -0.1) is 0 Å². The topological polar surface area (TPSA) is 17.1 Å². The summed E-state index contributed by atoms with van der Waals surface area (Å²) in [6.07, 6.45) is -4.92.